The van der Waals surface area contributed by atoms with E-state index in [0.717, 1.165) is 5.56 Å². The van der Waals surface area contributed by atoms with Crippen LogP contribution in [0.1, 0.15) is 22.7 Å². The highest BCUT2D eigenvalue weighted by Crippen LogP contribution is 2.45. The number of carbonyl (C=O) groups is 2. The molecule has 1 aliphatic rings. The third kappa shape index (κ3) is 3.60. The number of amides is 1. The van der Waals surface area contributed by atoms with E-state index in [1.807, 2.05) is 25.1 Å². The van der Waals surface area contributed by atoms with E-state index in [2.05, 4.69) is 0 Å². The summed E-state index contributed by atoms with van der Waals surface area (Å²) in [6.45, 7) is 1.93. The lowest BCUT2D eigenvalue weighted by Gasteiger charge is -2.26. The summed E-state index contributed by atoms with van der Waals surface area (Å²) in [6.07, 6.45) is 0. The molecular formula is C26H23NO5. The van der Waals surface area contributed by atoms with Crippen molar-refractivity contribution in [2.45, 2.75) is 13.0 Å². The summed E-state index contributed by atoms with van der Waals surface area (Å²) in [5.74, 6) is -0.694. The molecule has 0 unspecified atom stereocenters. The monoisotopic (exact) mass is 429 g/mol. The first-order chi connectivity index (χ1) is 15.5. The van der Waals surface area contributed by atoms with Crippen LogP contribution in [0.3, 0.4) is 0 Å². The van der Waals surface area contributed by atoms with Crippen LogP contribution in [0, 0.1) is 6.92 Å². The molecular weight excluding hydrogens is 406 g/mol. The van der Waals surface area contributed by atoms with Gasteiger partial charge in [-0.25, -0.2) is 0 Å². The Labute approximate surface area is 186 Å². The maximum Gasteiger partial charge on any atom is 0.300 e. The lowest BCUT2D eigenvalue weighted by atomic mass is 9.94. The molecule has 1 fully saturated rings. The van der Waals surface area contributed by atoms with Crippen molar-refractivity contribution < 1.29 is 24.2 Å². The number of carbonyl (C=O) groups excluding carboxylic acids is 2. The lowest BCUT2D eigenvalue weighted by Crippen LogP contribution is -2.29. The van der Waals surface area contributed by atoms with Crippen molar-refractivity contribution in [1.29, 1.82) is 0 Å². The minimum Gasteiger partial charge on any atom is -0.507 e. The number of Topliss-reactive ketones (excluding diaryl/α,β-unsaturated/α-hetero) is 1. The third-order valence-corrected chi connectivity index (χ3v) is 5.54. The van der Waals surface area contributed by atoms with E-state index in [1.54, 1.807) is 61.7 Å². The highest BCUT2D eigenvalue weighted by Gasteiger charge is 2.47. The Bertz CT molecular complexity index is 1200. The molecule has 0 spiro atoms. The van der Waals surface area contributed by atoms with Gasteiger partial charge in [-0.1, -0.05) is 48.0 Å². The molecule has 32 heavy (non-hydrogen) atoms. The van der Waals surface area contributed by atoms with E-state index >= 15 is 0 Å². The summed E-state index contributed by atoms with van der Waals surface area (Å²) in [5.41, 5.74) is 2.58. The first kappa shape index (κ1) is 21.2. The van der Waals surface area contributed by atoms with Crippen LogP contribution < -0.4 is 14.4 Å². The fourth-order valence-electron chi connectivity index (χ4n) is 3.89. The van der Waals surface area contributed by atoms with E-state index in [9.17, 15) is 14.7 Å². The molecule has 1 atom stereocenters. The number of aryl methyl sites for hydroxylation is 1. The molecule has 1 aliphatic heterocycles. The molecule has 3 aromatic rings. The predicted octanol–water partition coefficient (Wildman–Crippen LogP) is 4.64. The lowest BCUT2D eigenvalue weighted by molar-refractivity contribution is -0.132. The largest absolute Gasteiger partial charge is 0.507 e. The molecule has 4 rings (SSSR count). The van der Waals surface area contributed by atoms with Gasteiger partial charge in [0, 0.05) is 22.9 Å². The minimum absolute atomic E-state index is 0.00572. The number of nitrogens with zero attached hydrogens (tertiary/aromatic N) is 1. The molecule has 0 aliphatic carbocycles. The van der Waals surface area contributed by atoms with Crippen LogP contribution in [0.25, 0.3) is 5.76 Å². The van der Waals surface area contributed by atoms with E-state index in [1.165, 1.54) is 12.0 Å². The number of benzene rings is 3. The highest BCUT2D eigenvalue weighted by molar-refractivity contribution is 6.51. The minimum atomic E-state index is -0.875. The summed E-state index contributed by atoms with van der Waals surface area (Å²) in [7, 11) is 3.05. The smallest absolute Gasteiger partial charge is 0.300 e. The second kappa shape index (κ2) is 8.59. The number of rotatable bonds is 5. The first-order valence-electron chi connectivity index (χ1n) is 10.1. The Hall–Kier alpha value is -4.06. The van der Waals surface area contributed by atoms with Gasteiger partial charge in [0.1, 0.15) is 17.3 Å². The molecule has 0 radical (unpaired) electrons. The fourth-order valence-corrected chi connectivity index (χ4v) is 3.89. The number of anilines is 1. The number of ketones is 1. The Kier molecular flexibility index (Phi) is 5.69. The van der Waals surface area contributed by atoms with Crippen LogP contribution in [0.15, 0.2) is 78.4 Å². The molecule has 1 amide bonds. The molecule has 6 heteroatoms. The summed E-state index contributed by atoms with van der Waals surface area (Å²) < 4.78 is 10.9. The van der Waals surface area contributed by atoms with Crippen LogP contribution in [0.5, 0.6) is 11.5 Å². The van der Waals surface area contributed by atoms with E-state index < -0.39 is 17.7 Å². The number of hydrogen-bond acceptors (Lipinski definition) is 5. The molecule has 0 aromatic heterocycles. The van der Waals surface area contributed by atoms with Gasteiger partial charge in [0.2, 0.25) is 0 Å². The van der Waals surface area contributed by atoms with E-state index in [-0.39, 0.29) is 11.3 Å². The van der Waals surface area contributed by atoms with Gasteiger partial charge in [-0.15, -0.1) is 0 Å². The molecule has 0 saturated carbocycles. The summed E-state index contributed by atoms with van der Waals surface area (Å²) >= 11 is 0. The SMILES string of the molecule is COc1ccc([C@H]2/C(=C(\O)c3ccc(C)cc3)C(=O)C(=O)N2c2ccccc2)c(OC)c1. The van der Waals surface area contributed by atoms with Gasteiger partial charge in [0.05, 0.1) is 25.8 Å². The Morgan fingerprint density at radius 1 is 0.906 bits per heavy atom. The Balaban J connectivity index is 1.98. The topological polar surface area (TPSA) is 76.1 Å². The van der Waals surface area contributed by atoms with Crippen molar-refractivity contribution in [3.05, 3.63) is 95.1 Å². The average molecular weight is 429 g/mol. The zero-order valence-electron chi connectivity index (χ0n) is 18.0. The van der Waals surface area contributed by atoms with E-state index in [0.29, 0.717) is 28.3 Å². The highest BCUT2D eigenvalue weighted by atomic mass is 16.5. The van der Waals surface area contributed by atoms with Crippen LogP contribution in [-0.2, 0) is 9.59 Å². The van der Waals surface area contributed by atoms with Crippen molar-refractivity contribution >= 4 is 23.1 Å². The van der Waals surface area contributed by atoms with Gasteiger partial charge in [-0.3, -0.25) is 14.5 Å². The molecule has 1 N–H and O–H groups in total. The number of para-hydroxylation sites is 1. The van der Waals surface area contributed by atoms with E-state index in [4.69, 9.17) is 9.47 Å². The molecule has 0 bridgehead atoms. The van der Waals surface area contributed by atoms with Gasteiger partial charge < -0.3 is 14.6 Å². The summed E-state index contributed by atoms with van der Waals surface area (Å²) in [4.78, 5) is 27.8. The van der Waals surface area contributed by atoms with Crippen molar-refractivity contribution in [3.63, 3.8) is 0 Å². The number of aliphatic hydroxyl groups is 1. The van der Waals surface area contributed by atoms with Crippen molar-refractivity contribution in [2.75, 3.05) is 19.1 Å². The van der Waals surface area contributed by atoms with Crippen molar-refractivity contribution in [3.8, 4) is 11.5 Å². The maximum absolute atomic E-state index is 13.2. The molecule has 3 aromatic carbocycles. The Morgan fingerprint density at radius 2 is 1.59 bits per heavy atom. The normalized spacial score (nSPS) is 17.5. The van der Waals surface area contributed by atoms with Crippen LogP contribution in [-0.4, -0.2) is 31.0 Å². The number of methoxy groups -OCH3 is 2. The van der Waals surface area contributed by atoms with Gasteiger partial charge in [0.25, 0.3) is 11.7 Å². The second-order valence-corrected chi connectivity index (χ2v) is 7.48. The van der Waals surface area contributed by atoms with Gasteiger partial charge in [0.15, 0.2) is 0 Å². The van der Waals surface area contributed by atoms with Crippen LogP contribution in [0.4, 0.5) is 5.69 Å². The molecule has 162 valence electrons. The van der Waals surface area contributed by atoms with Gasteiger partial charge >= 0.3 is 0 Å². The fraction of sp³-hybridized carbons (Fsp3) is 0.154. The second-order valence-electron chi connectivity index (χ2n) is 7.48. The standard InChI is InChI=1S/C26H23NO5/c1-16-9-11-17(12-10-16)24(28)22-23(20-14-13-19(31-2)15-21(20)32-3)27(26(30)25(22)29)18-7-5-4-6-8-18/h4-15,23,28H,1-3H3/b24-22+/t23-/m0/s1. The maximum atomic E-state index is 13.2. The first-order valence-corrected chi connectivity index (χ1v) is 10.1. The summed E-state index contributed by atoms with van der Waals surface area (Å²) in [5, 5.41) is 11.2. The van der Waals surface area contributed by atoms with Crippen LogP contribution >= 0.6 is 0 Å². The Morgan fingerprint density at radius 3 is 2.22 bits per heavy atom. The predicted molar refractivity (Wildman–Crippen MR) is 122 cm³/mol. The van der Waals surface area contributed by atoms with Gasteiger partial charge in [-0.05, 0) is 31.2 Å². The van der Waals surface area contributed by atoms with Crippen molar-refractivity contribution in [1.82, 2.24) is 0 Å². The van der Waals surface area contributed by atoms with Crippen LogP contribution in [0.2, 0.25) is 0 Å². The van der Waals surface area contributed by atoms with Gasteiger partial charge in [-0.2, -0.15) is 0 Å². The van der Waals surface area contributed by atoms with Crippen molar-refractivity contribution in [2.24, 2.45) is 0 Å². The zero-order chi connectivity index (χ0) is 22.8. The summed E-state index contributed by atoms with van der Waals surface area (Å²) in [6, 6.07) is 20.3. The molecule has 1 heterocycles. The third-order valence-electron chi connectivity index (χ3n) is 5.54. The molecule has 6 nitrogen and oxygen atoms in total. The number of ether oxygens (including phenoxy) is 2. The quantitative estimate of drug-likeness (QED) is 0.363. The number of hydrogen-bond donors (Lipinski definition) is 1. The molecule has 1 saturated heterocycles. The average Bonchev–Trinajstić information content (AvgIpc) is 3.09. The zero-order valence-corrected chi connectivity index (χ0v) is 18.0. The number of aliphatic hydroxyl groups excluding tert-OH is 1.